The highest BCUT2D eigenvalue weighted by Gasteiger charge is 2.39. The summed E-state index contributed by atoms with van der Waals surface area (Å²) in [4.78, 5) is 18.1. The molecule has 1 amide bonds. The highest BCUT2D eigenvalue weighted by molar-refractivity contribution is 5.77. The lowest BCUT2D eigenvalue weighted by molar-refractivity contribution is -0.125. The summed E-state index contributed by atoms with van der Waals surface area (Å²) >= 11 is 0. The first-order chi connectivity index (χ1) is 14.3. The lowest BCUT2D eigenvalue weighted by Crippen LogP contribution is -2.54. The fourth-order valence-electron chi connectivity index (χ4n) is 5.52. The molecule has 6 nitrogen and oxygen atoms in total. The molecule has 1 saturated carbocycles. The van der Waals surface area contributed by atoms with Crippen molar-refractivity contribution in [2.24, 2.45) is 13.0 Å². The Hall–Kier alpha value is -1.40. The molecule has 1 aliphatic carbocycles. The molecule has 0 aromatic carbocycles. The fourth-order valence-corrected chi connectivity index (χ4v) is 5.52. The minimum Gasteiger partial charge on any atom is -0.355 e. The summed E-state index contributed by atoms with van der Waals surface area (Å²) in [5, 5.41) is 7.84. The van der Waals surface area contributed by atoms with Crippen molar-refractivity contribution in [1.82, 2.24) is 24.9 Å². The Morgan fingerprint density at radius 1 is 1.07 bits per heavy atom. The van der Waals surface area contributed by atoms with Gasteiger partial charge in [0, 0.05) is 56.4 Å². The molecule has 0 atom stereocenters. The molecule has 0 bridgehead atoms. The van der Waals surface area contributed by atoms with Gasteiger partial charge in [-0.05, 0) is 52.1 Å². The predicted octanol–water partition coefficient (Wildman–Crippen LogP) is 3.41. The van der Waals surface area contributed by atoms with Gasteiger partial charge in [0.25, 0.3) is 0 Å². The van der Waals surface area contributed by atoms with E-state index < -0.39 is 0 Å². The number of nitrogens with zero attached hydrogens (tertiary/aromatic N) is 4. The highest BCUT2D eigenvalue weighted by atomic mass is 16.1. The molecule has 2 fully saturated rings. The standard InChI is InChI=1S/C24H43N5O/c1-19(2)17-29-14-9-13-28(18-22-20(3)26-27(5)21(22)4)15-12-25-23(30)16-24(29)10-7-6-8-11-24/h19H,6-18H2,1-5H3,(H,25,30). The molecule has 1 aromatic heterocycles. The van der Waals surface area contributed by atoms with Crippen molar-refractivity contribution < 1.29 is 4.79 Å². The number of aromatic nitrogens is 2. The minimum absolute atomic E-state index is 0.0678. The van der Waals surface area contributed by atoms with Crippen LogP contribution in [0.25, 0.3) is 0 Å². The monoisotopic (exact) mass is 417 g/mol. The van der Waals surface area contributed by atoms with E-state index in [0.29, 0.717) is 12.3 Å². The van der Waals surface area contributed by atoms with Crippen molar-refractivity contribution in [3.05, 3.63) is 17.0 Å². The average molecular weight is 418 g/mol. The van der Waals surface area contributed by atoms with Crippen LogP contribution in [0, 0.1) is 19.8 Å². The average Bonchev–Trinajstić information content (AvgIpc) is 2.91. The van der Waals surface area contributed by atoms with Gasteiger partial charge in [0.1, 0.15) is 0 Å². The van der Waals surface area contributed by atoms with Gasteiger partial charge in [0.2, 0.25) is 5.91 Å². The Balaban J connectivity index is 1.76. The maximum absolute atomic E-state index is 12.9. The summed E-state index contributed by atoms with van der Waals surface area (Å²) in [7, 11) is 2.02. The highest BCUT2D eigenvalue weighted by Crippen LogP contribution is 2.37. The SMILES string of the molecule is Cc1nn(C)c(C)c1CN1CCCN(CC(C)C)C2(CCCCC2)CC(=O)NCC1. The van der Waals surface area contributed by atoms with E-state index >= 15 is 0 Å². The van der Waals surface area contributed by atoms with E-state index in [0.717, 1.165) is 51.4 Å². The van der Waals surface area contributed by atoms with Crippen molar-refractivity contribution in [2.75, 3.05) is 32.7 Å². The van der Waals surface area contributed by atoms with E-state index in [2.05, 4.69) is 47.9 Å². The Morgan fingerprint density at radius 2 is 1.80 bits per heavy atom. The summed E-state index contributed by atoms with van der Waals surface area (Å²) in [6.07, 6.45) is 8.00. The summed E-state index contributed by atoms with van der Waals surface area (Å²) in [6.45, 7) is 14.7. The van der Waals surface area contributed by atoms with Crippen LogP contribution in [-0.4, -0.2) is 63.8 Å². The third-order valence-corrected chi connectivity index (χ3v) is 7.22. The quantitative estimate of drug-likeness (QED) is 0.816. The second-order valence-electron chi connectivity index (χ2n) is 10.1. The van der Waals surface area contributed by atoms with Gasteiger partial charge in [-0.3, -0.25) is 19.3 Å². The van der Waals surface area contributed by atoms with Crippen LogP contribution in [0.3, 0.4) is 0 Å². The molecule has 1 aromatic rings. The van der Waals surface area contributed by atoms with Crippen LogP contribution in [0.5, 0.6) is 0 Å². The maximum atomic E-state index is 12.9. The second kappa shape index (κ2) is 10.3. The molecule has 6 heteroatoms. The number of rotatable bonds is 4. The summed E-state index contributed by atoms with van der Waals surface area (Å²) in [5.74, 6) is 0.857. The normalized spacial score (nSPS) is 22.3. The number of nitrogens with one attached hydrogen (secondary N) is 1. The van der Waals surface area contributed by atoms with E-state index in [1.807, 2.05) is 11.7 Å². The van der Waals surface area contributed by atoms with E-state index in [1.165, 1.54) is 43.4 Å². The maximum Gasteiger partial charge on any atom is 0.221 e. The first-order valence-electron chi connectivity index (χ1n) is 12.0. The number of hydrogen-bond acceptors (Lipinski definition) is 4. The Labute approximate surface area is 183 Å². The predicted molar refractivity (Wildman–Crippen MR) is 122 cm³/mol. The van der Waals surface area contributed by atoms with Crippen LogP contribution in [0.4, 0.5) is 0 Å². The molecular formula is C24H43N5O. The van der Waals surface area contributed by atoms with Crippen molar-refractivity contribution in [3.8, 4) is 0 Å². The van der Waals surface area contributed by atoms with Crippen LogP contribution >= 0.6 is 0 Å². The second-order valence-corrected chi connectivity index (χ2v) is 10.1. The zero-order valence-electron chi connectivity index (χ0n) is 20.0. The van der Waals surface area contributed by atoms with Crippen LogP contribution in [0.15, 0.2) is 0 Å². The zero-order chi connectivity index (χ0) is 21.7. The summed E-state index contributed by atoms with van der Waals surface area (Å²) < 4.78 is 1.98. The smallest absolute Gasteiger partial charge is 0.221 e. The van der Waals surface area contributed by atoms with Crippen molar-refractivity contribution in [3.63, 3.8) is 0 Å². The van der Waals surface area contributed by atoms with Crippen LogP contribution in [-0.2, 0) is 18.4 Å². The van der Waals surface area contributed by atoms with Crippen LogP contribution in [0.2, 0.25) is 0 Å². The van der Waals surface area contributed by atoms with Crippen molar-refractivity contribution >= 4 is 5.91 Å². The molecular weight excluding hydrogens is 374 g/mol. The lowest BCUT2D eigenvalue weighted by Gasteiger charge is -2.47. The molecule has 30 heavy (non-hydrogen) atoms. The number of carbonyl (C=O) groups is 1. The third-order valence-electron chi connectivity index (χ3n) is 7.22. The van der Waals surface area contributed by atoms with Gasteiger partial charge < -0.3 is 5.32 Å². The Bertz CT molecular complexity index is 705. The van der Waals surface area contributed by atoms with Gasteiger partial charge >= 0.3 is 0 Å². The third kappa shape index (κ3) is 5.64. The van der Waals surface area contributed by atoms with Gasteiger partial charge in [-0.15, -0.1) is 0 Å². The molecule has 2 aliphatic rings. The summed E-state index contributed by atoms with van der Waals surface area (Å²) in [6, 6.07) is 0. The molecule has 3 rings (SSSR count). The van der Waals surface area contributed by atoms with Gasteiger partial charge in [0.15, 0.2) is 0 Å². The van der Waals surface area contributed by atoms with Gasteiger partial charge in [-0.1, -0.05) is 33.1 Å². The molecule has 1 aliphatic heterocycles. The van der Waals surface area contributed by atoms with Gasteiger partial charge in [0.05, 0.1) is 5.69 Å². The minimum atomic E-state index is 0.0678. The topological polar surface area (TPSA) is 53.4 Å². The van der Waals surface area contributed by atoms with Crippen LogP contribution < -0.4 is 5.32 Å². The molecule has 1 spiro atoms. The largest absolute Gasteiger partial charge is 0.355 e. The molecule has 2 heterocycles. The van der Waals surface area contributed by atoms with E-state index in [1.54, 1.807) is 0 Å². The van der Waals surface area contributed by atoms with E-state index in [9.17, 15) is 4.79 Å². The lowest BCUT2D eigenvalue weighted by atomic mass is 9.77. The number of carbonyl (C=O) groups excluding carboxylic acids is 1. The molecule has 1 N–H and O–H groups in total. The first kappa shape index (κ1) is 23.3. The number of amides is 1. The number of hydrogen-bond donors (Lipinski definition) is 1. The number of aryl methyl sites for hydroxylation is 2. The van der Waals surface area contributed by atoms with E-state index in [4.69, 9.17) is 0 Å². The molecule has 1 saturated heterocycles. The van der Waals surface area contributed by atoms with Gasteiger partial charge in [-0.25, -0.2) is 0 Å². The van der Waals surface area contributed by atoms with Gasteiger partial charge in [-0.2, -0.15) is 5.10 Å². The molecule has 170 valence electrons. The van der Waals surface area contributed by atoms with E-state index in [-0.39, 0.29) is 11.4 Å². The van der Waals surface area contributed by atoms with Crippen LogP contribution in [0.1, 0.15) is 75.7 Å². The van der Waals surface area contributed by atoms with Crippen molar-refractivity contribution in [1.29, 1.82) is 0 Å². The summed E-state index contributed by atoms with van der Waals surface area (Å²) in [5.41, 5.74) is 3.77. The first-order valence-corrected chi connectivity index (χ1v) is 12.0. The molecule has 0 radical (unpaired) electrons. The fraction of sp³-hybridized carbons (Fsp3) is 0.833. The van der Waals surface area contributed by atoms with Crippen molar-refractivity contribution in [2.45, 2.75) is 84.7 Å². The Kier molecular flexibility index (Phi) is 7.97. The zero-order valence-corrected chi connectivity index (χ0v) is 20.0. The Morgan fingerprint density at radius 3 is 2.43 bits per heavy atom. The molecule has 0 unspecified atom stereocenters.